The van der Waals surface area contributed by atoms with E-state index in [9.17, 15) is 4.79 Å². The zero-order valence-corrected chi connectivity index (χ0v) is 4.27. The summed E-state index contributed by atoms with van der Waals surface area (Å²) >= 11 is 0. The van der Waals surface area contributed by atoms with E-state index in [0.29, 0.717) is 0 Å². The summed E-state index contributed by atoms with van der Waals surface area (Å²) in [6.45, 7) is 4.60. The molecule has 0 aliphatic heterocycles. The maximum Gasteiger partial charge on any atom is 0.330 e. The minimum atomic E-state index is -0.935. The Morgan fingerprint density at radius 3 is 1.86 bits per heavy atom. The molecule has 1 N–H and O–H groups in total. The van der Waals surface area contributed by atoms with Crippen LogP contribution in [0.2, 0.25) is 0 Å². The van der Waals surface area contributed by atoms with E-state index in [-0.39, 0.29) is 11.7 Å². The van der Waals surface area contributed by atoms with E-state index in [4.69, 9.17) is 5.11 Å². The molecule has 0 atom stereocenters. The molecule has 3 heteroatoms. The fourth-order valence-corrected chi connectivity index (χ4v) is 0. The van der Waals surface area contributed by atoms with Crippen LogP contribution < -0.4 is 0 Å². The van der Waals surface area contributed by atoms with Gasteiger partial charge in [0.2, 0.25) is 0 Å². The zero-order valence-electron chi connectivity index (χ0n) is 4.27. The van der Waals surface area contributed by atoms with Crippen LogP contribution in [0.4, 0.5) is 0 Å². The number of rotatable bonds is 1. The predicted molar refractivity (Wildman–Crippen MR) is 22.4 cm³/mol. The summed E-state index contributed by atoms with van der Waals surface area (Å²) in [6, 6.07) is 0. The minimum Gasteiger partial charge on any atom is -0.478 e. The predicted octanol–water partition coefficient (Wildman–Crippen LogP) is 0.647. The van der Waals surface area contributed by atoms with Gasteiger partial charge in [0, 0.05) is 11.7 Å². The van der Waals surface area contributed by atoms with Crippen molar-refractivity contribution in [2.24, 2.45) is 0 Å². The summed E-state index contributed by atoms with van der Waals surface area (Å²) in [4.78, 5) is 9.60. The van der Waals surface area contributed by atoms with Gasteiger partial charge in [-0.15, -0.1) is 0 Å². The van der Waals surface area contributed by atoms with Gasteiger partial charge in [-0.3, -0.25) is 0 Å². The summed E-state index contributed by atoms with van der Waals surface area (Å²) in [5.74, 6) is -0.935. The van der Waals surface area contributed by atoms with E-state index in [1.54, 1.807) is 0 Å². The fourth-order valence-electron chi connectivity index (χ4n) is 0. The summed E-state index contributed by atoms with van der Waals surface area (Å²) in [7, 11) is 0. The smallest absolute Gasteiger partial charge is 0.330 e. The van der Waals surface area contributed by atoms with Crippen molar-refractivity contribution in [1.29, 1.82) is 0 Å². The van der Waals surface area contributed by atoms with Gasteiger partial charge in [-0.25, -0.2) is 4.79 Å². The molecule has 0 bridgehead atoms. The van der Waals surface area contributed by atoms with Crippen LogP contribution in [0.25, 0.3) is 0 Å². The van der Waals surface area contributed by atoms with E-state index in [1.165, 1.54) is 6.92 Å². The monoisotopic (exact) mass is 90.0 g/mol. The Balaban J connectivity index is 0. The van der Waals surface area contributed by atoms with Crippen molar-refractivity contribution in [3.05, 3.63) is 12.2 Å². The normalized spacial score (nSPS) is 6.43. The van der Waals surface area contributed by atoms with Crippen molar-refractivity contribution in [2.45, 2.75) is 6.92 Å². The van der Waals surface area contributed by atoms with E-state index in [1.807, 2.05) is 0 Å². The number of carboxylic acid groups (broad SMARTS) is 1. The van der Waals surface area contributed by atoms with Crippen LogP contribution in [0.3, 0.4) is 0 Å². The van der Waals surface area contributed by atoms with Crippen molar-refractivity contribution in [1.82, 2.24) is 0 Å². The molecule has 0 aromatic rings. The van der Waals surface area contributed by atoms with Gasteiger partial charge in [-0.2, -0.15) is 0 Å². The van der Waals surface area contributed by atoms with Crippen LogP contribution >= 0.6 is 0 Å². The minimum absolute atomic E-state index is 0. The Labute approximate surface area is 42.2 Å². The van der Waals surface area contributed by atoms with Crippen LogP contribution in [0.5, 0.6) is 0 Å². The largest absolute Gasteiger partial charge is 0.478 e. The Morgan fingerprint density at radius 1 is 1.71 bits per heavy atom. The van der Waals surface area contributed by atoms with Crippen molar-refractivity contribution in [3.63, 3.8) is 0 Å². The van der Waals surface area contributed by atoms with Crippen LogP contribution in [0.1, 0.15) is 6.92 Å². The Hall–Kier alpha value is -0.881. The molecule has 0 radical (unpaired) electrons. The molecule has 0 unspecified atom stereocenters. The Morgan fingerprint density at radius 2 is 1.86 bits per heavy atom. The van der Waals surface area contributed by atoms with E-state index >= 15 is 0 Å². The number of carboxylic acids is 1. The molecule has 0 saturated heterocycles. The van der Waals surface area contributed by atoms with Gasteiger partial charge in [-0.1, -0.05) is 6.58 Å². The third kappa shape index (κ3) is 5.12. The summed E-state index contributed by atoms with van der Waals surface area (Å²) in [5, 5.41) is 7.89. The maximum atomic E-state index is 9.60. The topological polar surface area (TPSA) is 37.3 Å². The second kappa shape index (κ2) is 3.31. The summed E-state index contributed by atoms with van der Waals surface area (Å²) in [5.41, 5.74) is 0.176. The van der Waals surface area contributed by atoms with E-state index in [0.717, 1.165) is 0 Å². The van der Waals surface area contributed by atoms with E-state index in [2.05, 4.69) is 6.58 Å². The fraction of sp³-hybridized carbons (Fsp3) is 0.250. The molecule has 0 saturated carbocycles. The van der Waals surface area contributed by atoms with Gasteiger partial charge in [0.1, 0.15) is 0 Å². The summed E-state index contributed by atoms with van der Waals surface area (Å²) in [6.07, 6.45) is 0. The molecule has 7 heavy (non-hydrogen) atoms. The molecule has 0 aromatic heterocycles. The van der Waals surface area contributed by atoms with Crippen LogP contribution in [0, 0.1) is 6.15 Å². The maximum absolute atomic E-state index is 9.60. The number of aliphatic carboxylic acids is 1. The molecule has 36 valence electrons. The van der Waals surface area contributed by atoms with Gasteiger partial charge in [-0.05, 0) is 6.92 Å². The third-order valence-electron chi connectivity index (χ3n) is 0.365. The van der Waals surface area contributed by atoms with Crippen molar-refractivity contribution < 1.29 is 16.1 Å². The molecule has 0 rings (SSSR count). The molecule has 0 aromatic carbocycles. The van der Waals surface area contributed by atoms with Gasteiger partial charge < -0.3 is 5.11 Å². The SMILES string of the molecule is C=C(C)C(=O)O.[He]. The molecule has 0 spiro atoms. The first-order chi connectivity index (χ1) is 2.64. The Bertz CT molecular complexity index is 75.7. The van der Waals surface area contributed by atoms with Gasteiger partial charge in [0.05, 0.1) is 0 Å². The molecule has 0 aliphatic carbocycles. The quantitative estimate of drug-likeness (QED) is 0.480. The number of carbonyl (C=O) groups is 1. The van der Waals surface area contributed by atoms with E-state index < -0.39 is 5.97 Å². The van der Waals surface area contributed by atoms with Crippen molar-refractivity contribution in [2.75, 3.05) is 0 Å². The van der Waals surface area contributed by atoms with Crippen molar-refractivity contribution >= 4 is 5.97 Å². The second-order valence-electron chi connectivity index (χ2n) is 1.09. The summed E-state index contributed by atoms with van der Waals surface area (Å²) < 4.78 is 0. The molecule has 0 amide bonds. The second-order valence-corrected chi connectivity index (χ2v) is 1.09. The van der Waals surface area contributed by atoms with Gasteiger partial charge in [0.15, 0.2) is 0 Å². The molecular formula is C4H6HeO2. The molecule has 0 fully saturated rings. The standard InChI is InChI=1S/C4H6O2.He/c1-3(2)4(5)6;/h1H2,2H3,(H,5,6);. The van der Waals surface area contributed by atoms with Crippen LogP contribution in [-0.4, -0.2) is 11.1 Å². The van der Waals surface area contributed by atoms with Crippen LogP contribution in [-0.2, 0) is 4.79 Å². The van der Waals surface area contributed by atoms with Gasteiger partial charge in [0.25, 0.3) is 0 Å². The van der Waals surface area contributed by atoms with Gasteiger partial charge >= 0.3 is 5.97 Å². The average Bonchev–Trinajstić information content (AvgIpc) is 1.36. The first kappa shape index (κ1) is 9.45. The Kier molecular flexibility index (Phi) is 4.47. The zero-order chi connectivity index (χ0) is 5.15. The third-order valence-corrected chi connectivity index (χ3v) is 0.365. The molecular weight excluding hydrogens is 84.0 g/mol. The average molecular weight is 90.1 g/mol. The molecule has 0 heterocycles. The van der Waals surface area contributed by atoms with Crippen LogP contribution in [0.15, 0.2) is 12.2 Å². The molecule has 0 aliphatic rings. The first-order valence-electron chi connectivity index (χ1n) is 1.53. The first-order valence-corrected chi connectivity index (χ1v) is 1.53. The number of hydrogen-bond donors (Lipinski definition) is 1. The molecule has 2 nitrogen and oxygen atoms in total. The van der Waals surface area contributed by atoms with Crippen molar-refractivity contribution in [3.8, 4) is 0 Å². The number of hydrogen-bond acceptors (Lipinski definition) is 1.